The molecule has 0 aliphatic carbocycles. The predicted molar refractivity (Wildman–Crippen MR) is 381 cm³/mol. The molecule has 11 rings (SSSR count). The third-order valence-corrected chi connectivity index (χ3v) is 20.5. The fourth-order valence-electron chi connectivity index (χ4n) is 14.4. The third kappa shape index (κ3) is 14.2. The predicted octanol–water partition coefficient (Wildman–Crippen LogP) is 27.2. The van der Waals surface area contributed by atoms with Gasteiger partial charge in [-0.05, 0) is 219 Å². The minimum Gasteiger partial charge on any atom is -0.456 e. The Hall–Kier alpha value is -6.48. The lowest BCUT2D eigenvalue weighted by Crippen LogP contribution is -2.01. The van der Waals surface area contributed by atoms with Crippen LogP contribution in [0.25, 0.3) is 108 Å². The van der Waals surface area contributed by atoms with Gasteiger partial charge in [-0.1, -0.05) is 247 Å². The molecule has 0 bridgehead atoms. The molecule has 0 atom stereocenters. The van der Waals surface area contributed by atoms with E-state index in [1.165, 1.54) is 284 Å². The Bertz CT molecular complexity index is 4050. The molecule has 0 spiro atoms. The van der Waals surface area contributed by atoms with Crippen LogP contribution in [0.3, 0.4) is 0 Å². The van der Waals surface area contributed by atoms with E-state index in [0.717, 1.165) is 36.8 Å². The lowest BCUT2D eigenvalue weighted by atomic mass is 9.83. The number of hydrogen-bond acceptors (Lipinski definition) is 2. The Morgan fingerprint density at radius 3 is 1.43 bits per heavy atom. The molecule has 2 aromatic heterocycles. The second-order valence-electron chi connectivity index (χ2n) is 25.9. The van der Waals surface area contributed by atoms with E-state index in [9.17, 15) is 0 Å². The standard InChI is InChI=1S/C84H98OS/c1-7-11-15-19-23-27-36-61-52-74(63(48-59(61)5)37-28-24-20-16-12-8-2)68-49-67(62-46-47-83-79(53-62)80-57-78-73-42-33-34-45-81(73)85-82(78)58-84(80)86-83)50-69(51-68)75-54-66(39-30-26-22-18-14-10-4)76(55-65(75)38-29-25-21-17-13-9-3)72-44-35-43-71-60(6)70-41-32-31-40-64(70)56-77(71)72/h31-35,40-58H,7-30,36-39H2,1-6H3. The van der Waals surface area contributed by atoms with Gasteiger partial charge in [-0.2, -0.15) is 0 Å². The number of hydrogen-bond donors (Lipinski definition) is 0. The highest BCUT2D eigenvalue weighted by atomic mass is 32.1. The molecule has 2 heterocycles. The van der Waals surface area contributed by atoms with E-state index < -0.39 is 0 Å². The molecule has 9 aromatic carbocycles. The van der Waals surface area contributed by atoms with Crippen molar-refractivity contribution in [3.05, 3.63) is 179 Å². The smallest absolute Gasteiger partial charge is 0.136 e. The molecule has 0 saturated carbocycles. The van der Waals surface area contributed by atoms with E-state index in [2.05, 4.69) is 187 Å². The Morgan fingerprint density at radius 2 is 0.791 bits per heavy atom. The Balaban J connectivity index is 1.11. The van der Waals surface area contributed by atoms with Gasteiger partial charge in [-0.25, -0.2) is 0 Å². The molecule has 0 fully saturated rings. The summed E-state index contributed by atoms with van der Waals surface area (Å²) < 4.78 is 9.06. The molecule has 0 unspecified atom stereocenters. The first-order chi connectivity index (χ1) is 42.3. The van der Waals surface area contributed by atoms with E-state index in [1.807, 2.05) is 11.3 Å². The number of rotatable bonds is 32. The zero-order chi connectivity index (χ0) is 59.2. The van der Waals surface area contributed by atoms with Crippen LogP contribution < -0.4 is 0 Å². The van der Waals surface area contributed by atoms with Gasteiger partial charge < -0.3 is 4.42 Å². The van der Waals surface area contributed by atoms with Gasteiger partial charge in [0.1, 0.15) is 11.2 Å². The third-order valence-electron chi connectivity index (χ3n) is 19.4. The highest BCUT2D eigenvalue weighted by Gasteiger charge is 2.21. The maximum atomic E-state index is 6.46. The van der Waals surface area contributed by atoms with Crippen LogP contribution >= 0.6 is 11.3 Å². The lowest BCUT2D eigenvalue weighted by molar-refractivity contribution is 0.605. The van der Waals surface area contributed by atoms with Gasteiger partial charge in [0.05, 0.1) is 0 Å². The first-order valence-electron chi connectivity index (χ1n) is 34.5. The van der Waals surface area contributed by atoms with Gasteiger partial charge in [0.25, 0.3) is 0 Å². The van der Waals surface area contributed by atoms with E-state index in [1.54, 1.807) is 0 Å². The number of thiophene rings is 1. The van der Waals surface area contributed by atoms with Crippen molar-refractivity contribution in [1.82, 2.24) is 0 Å². The van der Waals surface area contributed by atoms with Gasteiger partial charge in [0.15, 0.2) is 0 Å². The molecule has 0 radical (unpaired) electrons. The molecule has 0 saturated heterocycles. The molecule has 1 nitrogen and oxygen atoms in total. The molecule has 0 aliphatic rings. The zero-order valence-electron chi connectivity index (χ0n) is 53.5. The SMILES string of the molecule is CCCCCCCCc1cc(-c2cc(-c3ccc4sc5cc6oc7ccccc7c6cc5c4c3)cc(-c3cc(CCCCCCCC)c(-c4cccc5c(C)c6ccccc6cc45)cc3CCCCCCCC)c2)c(CCCCCCCC)cc1C. The van der Waals surface area contributed by atoms with Crippen molar-refractivity contribution in [1.29, 1.82) is 0 Å². The first-order valence-corrected chi connectivity index (χ1v) is 35.3. The zero-order valence-corrected chi connectivity index (χ0v) is 54.3. The second-order valence-corrected chi connectivity index (χ2v) is 26.9. The van der Waals surface area contributed by atoms with Crippen molar-refractivity contribution >= 4 is 75.0 Å². The molecule has 86 heavy (non-hydrogen) atoms. The van der Waals surface area contributed by atoms with Gasteiger partial charge in [-0.3, -0.25) is 0 Å². The Labute approximate surface area is 521 Å². The fourth-order valence-corrected chi connectivity index (χ4v) is 15.5. The molecular formula is C84H98OS. The Morgan fingerprint density at radius 1 is 0.291 bits per heavy atom. The van der Waals surface area contributed by atoms with Crippen LogP contribution in [0.15, 0.2) is 150 Å². The van der Waals surface area contributed by atoms with E-state index >= 15 is 0 Å². The number of fused-ring (bicyclic) bond motifs is 8. The van der Waals surface area contributed by atoms with Crippen molar-refractivity contribution in [3.8, 4) is 44.5 Å². The van der Waals surface area contributed by atoms with Crippen LogP contribution in [0.4, 0.5) is 0 Å². The molecule has 0 amide bonds. The van der Waals surface area contributed by atoms with Gasteiger partial charge >= 0.3 is 0 Å². The van der Waals surface area contributed by atoms with E-state index in [4.69, 9.17) is 4.42 Å². The molecular weight excluding hydrogens is 1060 g/mol. The molecule has 2 heteroatoms. The van der Waals surface area contributed by atoms with Crippen molar-refractivity contribution in [2.75, 3.05) is 0 Å². The molecule has 0 N–H and O–H groups in total. The quantitative estimate of drug-likeness (QED) is 0.0303. The van der Waals surface area contributed by atoms with Crippen molar-refractivity contribution < 1.29 is 4.42 Å². The summed E-state index contributed by atoms with van der Waals surface area (Å²) in [7, 11) is 0. The van der Waals surface area contributed by atoms with Crippen LogP contribution in [0.1, 0.15) is 215 Å². The van der Waals surface area contributed by atoms with Crippen LogP contribution in [0.5, 0.6) is 0 Å². The van der Waals surface area contributed by atoms with Crippen molar-refractivity contribution in [3.63, 3.8) is 0 Å². The highest BCUT2D eigenvalue weighted by Crippen LogP contribution is 2.45. The molecule has 446 valence electrons. The Kier molecular flexibility index (Phi) is 21.3. The maximum Gasteiger partial charge on any atom is 0.136 e. The summed E-state index contributed by atoms with van der Waals surface area (Å²) in [6, 6.07) is 57.8. The lowest BCUT2D eigenvalue weighted by Gasteiger charge is -2.21. The summed E-state index contributed by atoms with van der Waals surface area (Å²) in [5.74, 6) is 0. The van der Waals surface area contributed by atoms with E-state index in [-0.39, 0.29) is 0 Å². The minimum absolute atomic E-state index is 0.955. The number of furan rings is 1. The average molecular weight is 1160 g/mol. The summed E-state index contributed by atoms with van der Waals surface area (Å²) >= 11 is 1.89. The minimum atomic E-state index is 0.955. The summed E-state index contributed by atoms with van der Waals surface area (Å²) in [6.45, 7) is 14.1. The summed E-state index contributed by atoms with van der Waals surface area (Å²) in [4.78, 5) is 0. The fraction of sp³-hybridized carbons (Fsp3) is 0.405. The molecule has 0 aliphatic heterocycles. The average Bonchev–Trinajstić information content (AvgIpc) is 1.57. The number of aryl methyl sites for hydroxylation is 6. The molecule has 11 aromatic rings. The second kappa shape index (κ2) is 29.9. The van der Waals surface area contributed by atoms with Crippen LogP contribution in [0, 0.1) is 13.8 Å². The normalized spacial score (nSPS) is 12.0. The largest absolute Gasteiger partial charge is 0.456 e. The van der Waals surface area contributed by atoms with Gasteiger partial charge in [-0.15, -0.1) is 11.3 Å². The summed E-state index contributed by atoms with van der Waals surface area (Å²) in [5, 5.41) is 10.5. The van der Waals surface area contributed by atoms with Crippen molar-refractivity contribution in [2.24, 2.45) is 0 Å². The number of unbranched alkanes of at least 4 members (excludes halogenated alkanes) is 20. The summed E-state index contributed by atoms with van der Waals surface area (Å²) in [5.41, 5.74) is 21.9. The monoisotopic (exact) mass is 1150 g/mol. The van der Waals surface area contributed by atoms with Crippen molar-refractivity contribution in [2.45, 2.75) is 221 Å². The van der Waals surface area contributed by atoms with E-state index in [0.29, 0.717) is 0 Å². The van der Waals surface area contributed by atoms with Gasteiger partial charge in [0.2, 0.25) is 0 Å². The van der Waals surface area contributed by atoms with Crippen LogP contribution in [-0.4, -0.2) is 0 Å². The first kappa shape index (κ1) is 61.2. The topological polar surface area (TPSA) is 13.1 Å². The van der Waals surface area contributed by atoms with Crippen LogP contribution in [-0.2, 0) is 25.7 Å². The number of para-hydroxylation sites is 1. The number of benzene rings is 9. The van der Waals surface area contributed by atoms with Gasteiger partial charge in [0, 0.05) is 30.9 Å². The maximum absolute atomic E-state index is 6.46. The summed E-state index contributed by atoms with van der Waals surface area (Å²) in [6.07, 6.45) is 35.5. The highest BCUT2D eigenvalue weighted by molar-refractivity contribution is 7.25. The van der Waals surface area contributed by atoms with Crippen LogP contribution in [0.2, 0.25) is 0 Å².